The number of hydrogen-bond acceptors (Lipinski definition) is 7. The molecule has 2 aliphatic rings. The molecule has 2 heterocycles. The molecule has 170 valence electrons. The van der Waals surface area contributed by atoms with Gasteiger partial charge in [-0.3, -0.25) is 15.1 Å². The number of aromatic nitrogens is 1. The highest BCUT2D eigenvalue weighted by molar-refractivity contribution is 8.13. The molecule has 9 heteroatoms. The molecule has 0 radical (unpaired) electrons. The molecule has 1 aliphatic carbocycles. The number of likely N-dealkylation sites (N-methyl/N-ethyl adjacent to an activating group) is 1. The lowest BCUT2D eigenvalue weighted by atomic mass is 9.94. The van der Waals surface area contributed by atoms with Gasteiger partial charge >= 0.3 is 6.03 Å². The topological polar surface area (TPSA) is 86.7 Å². The third-order valence-corrected chi connectivity index (χ3v) is 7.70. The number of amides is 2. The van der Waals surface area contributed by atoms with Gasteiger partial charge in [-0.05, 0) is 31.9 Å². The summed E-state index contributed by atoms with van der Waals surface area (Å²) in [5, 5.41) is 9.26. The highest BCUT2D eigenvalue weighted by atomic mass is 32.2. The Morgan fingerprint density at radius 1 is 1.25 bits per heavy atom. The summed E-state index contributed by atoms with van der Waals surface area (Å²) in [6.45, 7) is 3.81. The molecule has 32 heavy (non-hydrogen) atoms. The van der Waals surface area contributed by atoms with Crippen molar-refractivity contribution in [2.24, 2.45) is 10.9 Å². The van der Waals surface area contributed by atoms with Crippen molar-refractivity contribution in [2.75, 3.05) is 36.5 Å². The number of aryl methyl sites for hydroxylation is 2. The Morgan fingerprint density at radius 3 is 2.81 bits per heavy atom. The zero-order chi connectivity index (χ0) is 22.5. The van der Waals surface area contributed by atoms with Crippen molar-refractivity contribution in [3.05, 3.63) is 40.4 Å². The van der Waals surface area contributed by atoms with Crippen LogP contribution in [0, 0.1) is 12.8 Å². The van der Waals surface area contributed by atoms with Crippen LogP contribution in [0.2, 0.25) is 0 Å². The number of Topliss-reactive ketones (excluding diaryl/α,β-unsaturated/α-hetero) is 1. The minimum Gasteiger partial charge on any atom is -0.353 e. The molecule has 0 saturated heterocycles. The third-order valence-electron chi connectivity index (χ3n) is 5.79. The van der Waals surface area contributed by atoms with E-state index < -0.39 is 0 Å². The number of nitrogens with zero attached hydrogens (tertiary/aromatic N) is 3. The molecule has 0 unspecified atom stereocenters. The number of hydrogen-bond donors (Lipinski definition) is 2. The second-order valence-corrected chi connectivity index (χ2v) is 10.2. The smallest absolute Gasteiger partial charge is 0.325 e. The summed E-state index contributed by atoms with van der Waals surface area (Å²) < 4.78 is 0. The largest absolute Gasteiger partial charge is 0.353 e. The summed E-state index contributed by atoms with van der Waals surface area (Å²) in [4.78, 5) is 36.8. The molecule has 0 bridgehead atoms. The van der Waals surface area contributed by atoms with Crippen LogP contribution in [0.5, 0.6) is 0 Å². The van der Waals surface area contributed by atoms with Gasteiger partial charge in [-0.1, -0.05) is 36.2 Å². The Hall–Kier alpha value is -2.39. The zero-order valence-corrected chi connectivity index (χ0v) is 20.2. The molecule has 7 nitrogen and oxygen atoms in total. The first-order valence-electron chi connectivity index (χ1n) is 11.1. The quantitative estimate of drug-likeness (QED) is 0.552. The number of nitrogens with one attached hydrogen (secondary N) is 2. The molecule has 2 aromatic rings. The van der Waals surface area contributed by atoms with Crippen LogP contribution >= 0.6 is 23.1 Å². The normalized spacial score (nSPS) is 16.3. The van der Waals surface area contributed by atoms with Crippen molar-refractivity contribution >= 4 is 50.9 Å². The van der Waals surface area contributed by atoms with E-state index in [1.54, 1.807) is 11.8 Å². The molecular formula is C23H29N5O2S2. The molecule has 4 rings (SSSR count). The lowest BCUT2D eigenvalue weighted by Gasteiger charge is -2.14. The second-order valence-electron chi connectivity index (χ2n) is 8.30. The van der Waals surface area contributed by atoms with E-state index in [0.717, 1.165) is 67.4 Å². The number of rotatable bonds is 7. The average Bonchev–Trinajstić information content (AvgIpc) is 3.52. The molecule has 1 fully saturated rings. The van der Waals surface area contributed by atoms with Crippen LogP contribution in [0.3, 0.4) is 0 Å². The van der Waals surface area contributed by atoms with Crippen molar-refractivity contribution in [1.82, 2.24) is 9.88 Å². The third kappa shape index (κ3) is 5.69. The monoisotopic (exact) mass is 471 g/mol. The summed E-state index contributed by atoms with van der Waals surface area (Å²) in [5.41, 5.74) is 3.12. The fourth-order valence-electron chi connectivity index (χ4n) is 4.02. The van der Waals surface area contributed by atoms with Crippen LogP contribution in [-0.2, 0) is 6.42 Å². The van der Waals surface area contributed by atoms with Crippen molar-refractivity contribution < 1.29 is 9.59 Å². The van der Waals surface area contributed by atoms with Crippen LogP contribution in [0.4, 0.5) is 15.6 Å². The Bertz CT molecular complexity index is 1010. The fourth-order valence-corrected chi connectivity index (χ4v) is 5.75. The maximum Gasteiger partial charge on any atom is 0.325 e. The van der Waals surface area contributed by atoms with Crippen molar-refractivity contribution in [2.45, 2.75) is 39.0 Å². The number of thioether (sulfide) groups is 1. The predicted octanol–water partition coefficient (Wildman–Crippen LogP) is 5.05. The van der Waals surface area contributed by atoms with Crippen molar-refractivity contribution in [3.8, 4) is 0 Å². The standard InChI is InChI=1S/C23H29N5O2S2/c1-15-7-8-19(18(13-15)20(29)16-5-3-4-6-16)26-21(30)27-22-25-17(14-32-22)9-12-31-23-24-10-11-28(23)2/h7-8,13-14,16H,3-6,9-12H2,1-2H3,(H2,25,26,27,30). The van der Waals surface area contributed by atoms with Crippen LogP contribution in [0.1, 0.15) is 47.3 Å². The van der Waals surface area contributed by atoms with Gasteiger partial charge in [0.1, 0.15) is 0 Å². The number of anilines is 2. The maximum atomic E-state index is 13.0. The molecule has 1 saturated carbocycles. The first-order valence-corrected chi connectivity index (χ1v) is 12.9. The molecule has 1 aromatic carbocycles. The first-order chi connectivity index (χ1) is 15.5. The Balaban J connectivity index is 1.32. The van der Waals surface area contributed by atoms with Gasteiger partial charge < -0.3 is 10.2 Å². The van der Waals surface area contributed by atoms with E-state index in [-0.39, 0.29) is 17.7 Å². The average molecular weight is 472 g/mol. The molecule has 2 amide bonds. The number of ketones is 1. The van der Waals surface area contributed by atoms with Crippen LogP contribution < -0.4 is 10.6 Å². The molecular weight excluding hydrogens is 442 g/mol. The highest BCUT2D eigenvalue weighted by Crippen LogP contribution is 2.31. The summed E-state index contributed by atoms with van der Waals surface area (Å²) in [6, 6.07) is 5.21. The number of urea groups is 1. The number of thiazole rings is 1. The summed E-state index contributed by atoms with van der Waals surface area (Å²) in [5.74, 6) is 1.09. The Kier molecular flexibility index (Phi) is 7.47. The lowest BCUT2D eigenvalue weighted by molar-refractivity contribution is 0.0923. The number of aliphatic imine (C=N–C) groups is 1. The Labute approximate surface area is 197 Å². The number of carbonyl (C=O) groups is 2. The van der Waals surface area contributed by atoms with E-state index in [9.17, 15) is 9.59 Å². The van der Waals surface area contributed by atoms with Crippen molar-refractivity contribution in [3.63, 3.8) is 0 Å². The van der Waals surface area contributed by atoms with Gasteiger partial charge in [0.25, 0.3) is 0 Å². The summed E-state index contributed by atoms with van der Waals surface area (Å²) in [6.07, 6.45) is 4.88. The number of carbonyl (C=O) groups excluding carboxylic acids is 2. The van der Waals surface area contributed by atoms with Crippen LogP contribution in [0.25, 0.3) is 0 Å². The van der Waals surface area contributed by atoms with E-state index >= 15 is 0 Å². The predicted molar refractivity (Wildman–Crippen MR) is 133 cm³/mol. The van der Waals surface area contributed by atoms with Gasteiger partial charge in [0.05, 0.1) is 17.9 Å². The molecule has 2 N–H and O–H groups in total. The molecule has 0 spiro atoms. The van der Waals surface area contributed by atoms with Crippen LogP contribution in [0.15, 0.2) is 28.6 Å². The lowest BCUT2D eigenvalue weighted by Crippen LogP contribution is -2.22. The molecule has 1 aromatic heterocycles. The van der Waals surface area contributed by atoms with Gasteiger partial charge in [-0.25, -0.2) is 9.78 Å². The summed E-state index contributed by atoms with van der Waals surface area (Å²) in [7, 11) is 2.06. The van der Waals surface area contributed by atoms with Crippen molar-refractivity contribution in [1.29, 1.82) is 0 Å². The minimum absolute atomic E-state index is 0.0646. The molecule has 0 atom stereocenters. The van der Waals surface area contributed by atoms with E-state index in [1.807, 2.05) is 30.5 Å². The number of benzene rings is 1. The van der Waals surface area contributed by atoms with E-state index in [1.165, 1.54) is 11.3 Å². The highest BCUT2D eigenvalue weighted by Gasteiger charge is 2.26. The van der Waals surface area contributed by atoms with Gasteiger partial charge in [-0.2, -0.15) is 0 Å². The van der Waals surface area contributed by atoms with Crippen LogP contribution in [-0.4, -0.2) is 52.8 Å². The SMILES string of the molecule is Cc1ccc(NC(=O)Nc2nc(CCSC3=NCCN3C)cs2)c(C(=O)C2CCCC2)c1. The van der Waals surface area contributed by atoms with Gasteiger partial charge in [-0.15, -0.1) is 11.3 Å². The first kappa shape index (κ1) is 22.8. The van der Waals surface area contributed by atoms with E-state index in [0.29, 0.717) is 16.4 Å². The van der Waals surface area contributed by atoms with E-state index in [2.05, 4.69) is 32.6 Å². The second kappa shape index (κ2) is 10.5. The molecule has 1 aliphatic heterocycles. The van der Waals surface area contributed by atoms with Gasteiger partial charge in [0.2, 0.25) is 0 Å². The van der Waals surface area contributed by atoms with E-state index in [4.69, 9.17) is 0 Å². The fraction of sp³-hybridized carbons (Fsp3) is 0.478. The number of amidine groups is 1. The minimum atomic E-state index is -0.383. The summed E-state index contributed by atoms with van der Waals surface area (Å²) >= 11 is 3.14. The Morgan fingerprint density at radius 2 is 2.06 bits per heavy atom. The zero-order valence-electron chi connectivity index (χ0n) is 18.5. The van der Waals surface area contributed by atoms with Gasteiger partial charge in [0, 0.05) is 42.6 Å². The maximum absolute atomic E-state index is 13.0. The van der Waals surface area contributed by atoms with Gasteiger partial charge in [0.15, 0.2) is 16.1 Å².